The molecular formula is C8H13N2O3S-. The van der Waals surface area contributed by atoms with Gasteiger partial charge in [0, 0.05) is 29.4 Å². The van der Waals surface area contributed by atoms with Gasteiger partial charge in [-0.2, -0.15) is 0 Å². The lowest BCUT2D eigenvalue weighted by Crippen LogP contribution is -2.49. The maximum atomic E-state index is 10.9. The Morgan fingerprint density at radius 3 is 2.36 bits per heavy atom. The van der Waals surface area contributed by atoms with Gasteiger partial charge in [-0.25, -0.2) is 4.31 Å². The SMILES string of the molecule is O=CNC1C[C@H]2CC[C@@H](C1)N2S(=O)[O-]. The Bertz CT molecular complexity index is 247. The predicted octanol–water partition coefficient (Wildman–Crippen LogP) is -0.478. The second-order valence-corrected chi connectivity index (χ2v) is 4.77. The highest BCUT2D eigenvalue weighted by atomic mass is 32.2. The van der Waals surface area contributed by atoms with E-state index in [0.717, 1.165) is 25.7 Å². The largest absolute Gasteiger partial charge is 0.760 e. The van der Waals surface area contributed by atoms with Gasteiger partial charge in [0.05, 0.1) is 0 Å². The number of carbonyl (C=O) groups excluding carboxylic acids is 1. The third-order valence-corrected chi connectivity index (χ3v) is 4.08. The quantitative estimate of drug-likeness (QED) is 0.512. The lowest BCUT2D eigenvalue weighted by Gasteiger charge is -2.39. The summed E-state index contributed by atoms with van der Waals surface area (Å²) in [5, 5.41) is 2.74. The monoisotopic (exact) mass is 217 g/mol. The van der Waals surface area contributed by atoms with E-state index >= 15 is 0 Å². The number of amides is 1. The number of hydrogen-bond donors (Lipinski definition) is 1. The van der Waals surface area contributed by atoms with Gasteiger partial charge in [-0.1, -0.05) is 0 Å². The van der Waals surface area contributed by atoms with E-state index in [0.29, 0.717) is 6.41 Å². The Morgan fingerprint density at radius 2 is 1.93 bits per heavy atom. The Balaban J connectivity index is 2.04. The van der Waals surface area contributed by atoms with E-state index in [4.69, 9.17) is 0 Å². The van der Waals surface area contributed by atoms with Crippen molar-refractivity contribution in [3.05, 3.63) is 0 Å². The molecule has 0 aromatic rings. The van der Waals surface area contributed by atoms with Crippen LogP contribution in [0.15, 0.2) is 0 Å². The summed E-state index contributed by atoms with van der Waals surface area (Å²) in [6.45, 7) is 0. The molecule has 0 aliphatic carbocycles. The van der Waals surface area contributed by atoms with E-state index in [-0.39, 0.29) is 18.1 Å². The van der Waals surface area contributed by atoms with Crippen LogP contribution in [0.1, 0.15) is 25.7 Å². The van der Waals surface area contributed by atoms with Crippen molar-refractivity contribution in [1.29, 1.82) is 0 Å². The fourth-order valence-electron chi connectivity index (χ4n) is 2.61. The average Bonchev–Trinajstić information content (AvgIpc) is 2.39. The summed E-state index contributed by atoms with van der Waals surface area (Å²) in [5.41, 5.74) is 0. The Kier molecular flexibility index (Phi) is 2.85. The first kappa shape index (κ1) is 10.1. The smallest absolute Gasteiger partial charge is 0.207 e. The van der Waals surface area contributed by atoms with Crippen molar-refractivity contribution in [3.8, 4) is 0 Å². The fourth-order valence-corrected chi connectivity index (χ4v) is 3.48. The van der Waals surface area contributed by atoms with Gasteiger partial charge in [0.1, 0.15) is 0 Å². The lowest BCUT2D eigenvalue weighted by atomic mass is 10.0. The molecule has 0 saturated carbocycles. The molecule has 2 aliphatic rings. The van der Waals surface area contributed by atoms with Crippen LogP contribution < -0.4 is 5.32 Å². The molecule has 80 valence electrons. The van der Waals surface area contributed by atoms with Gasteiger partial charge in [0.2, 0.25) is 6.41 Å². The minimum atomic E-state index is -2.10. The average molecular weight is 217 g/mol. The van der Waals surface area contributed by atoms with Crippen LogP contribution in [0.2, 0.25) is 0 Å². The fraction of sp³-hybridized carbons (Fsp3) is 0.875. The van der Waals surface area contributed by atoms with E-state index in [1.807, 2.05) is 0 Å². The third kappa shape index (κ3) is 1.69. The molecule has 2 bridgehead atoms. The van der Waals surface area contributed by atoms with Crippen LogP contribution in [0.3, 0.4) is 0 Å². The first-order valence-corrected chi connectivity index (χ1v) is 5.83. The van der Waals surface area contributed by atoms with Crippen LogP contribution in [0, 0.1) is 0 Å². The predicted molar refractivity (Wildman–Crippen MR) is 49.8 cm³/mol. The van der Waals surface area contributed by atoms with Gasteiger partial charge in [0.25, 0.3) is 0 Å². The van der Waals surface area contributed by atoms with Crippen LogP contribution in [0.5, 0.6) is 0 Å². The van der Waals surface area contributed by atoms with E-state index in [9.17, 15) is 13.6 Å². The zero-order valence-corrected chi connectivity index (χ0v) is 8.53. The minimum Gasteiger partial charge on any atom is -0.760 e. The Hall–Kier alpha value is -0.460. The van der Waals surface area contributed by atoms with Crippen molar-refractivity contribution in [2.45, 2.75) is 43.8 Å². The van der Waals surface area contributed by atoms with Crippen LogP contribution in [0.25, 0.3) is 0 Å². The molecule has 0 aromatic heterocycles. The van der Waals surface area contributed by atoms with Crippen LogP contribution >= 0.6 is 0 Å². The summed E-state index contributed by atoms with van der Waals surface area (Å²) in [6, 6.07) is 0.360. The summed E-state index contributed by atoms with van der Waals surface area (Å²) in [4.78, 5) is 10.3. The molecule has 2 heterocycles. The summed E-state index contributed by atoms with van der Waals surface area (Å²) >= 11 is -2.10. The molecule has 2 rings (SSSR count). The molecule has 14 heavy (non-hydrogen) atoms. The van der Waals surface area contributed by atoms with E-state index in [2.05, 4.69) is 5.32 Å². The molecule has 6 heteroatoms. The number of nitrogens with one attached hydrogen (secondary N) is 1. The normalized spacial score (nSPS) is 39.4. The topological polar surface area (TPSA) is 72.5 Å². The van der Waals surface area contributed by atoms with Crippen LogP contribution in [0.4, 0.5) is 0 Å². The standard InChI is InChI=1S/C8H14N2O3S/c11-5-9-6-3-7-1-2-8(4-6)10(7)14(12)13/h5-8H,1-4H2,(H,9,11)(H,12,13)/p-1/t6?,7-,8+. The number of piperidine rings is 1. The molecule has 0 spiro atoms. The molecule has 1 amide bonds. The van der Waals surface area contributed by atoms with Gasteiger partial charge in [-0.15, -0.1) is 0 Å². The zero-order valence-electron chi connectivity index (χ0n) is 7.72. The second kappa shape index (κ2) is 3.96. The van der Waals surface area contributed by atoms with Crippen molar-refractivity contribution in [2.24, 2.45) is 0 Å². The van der Waals surface area contributed by atoms with Gasteiger partial charge in [0.15, 0.2) is 0 Å². The summed E-state index contributed by atoms with van der Waals surface area (Å²) < 4.78 is 23.4. The van der Waals surface area contributed by atoms with Gasteiger partial charge < -0.3 is 9.87 Å². The third-order valence-electron chi connectivity index (χ3n) is 3.14. The highest BCUT2D eigenvalue weighted by Gasteiger charge is 2.41. The van der Waals surface area contributed by atoms with E-state index in [1.165, 1.54) is 0 Å². The second-order valence-electron chi connectivity index (χ2n) is 3.91. The zero-order chi connectivity index (χ0) is 10.1. The molecule has 4 atom stereocenters. The number of hydrogen-bond acceptors (Lipinski definition) is 3. The molecule has 5 nitrogen and oxygen atoms in total. The minimum absolute atomic E-state index is 0.101. The molecule has 2 unspecified atom stereocenters. The summed E-state index contributed by atoms with van der Waals surface area (Å²) in [6.07, 6.45) is 4.06. The molecular weight excluding hydrogens is 204 g/mol. The molecule has 1 N–H and O–H groups in total. The lowest BCUT2D eigenvalue weighted by molar-refractivity contribution is -0.110. The van der Waals surface area contributed by atoms with E-state index in [1.54, 1.807) is 4.31 Å². The van der Waals surface area contributed by atoms with Crippen LogP contribution in [-0.4, -0.2) is 37.6 Å². The highest BCUT2D eigenvalue weighted by Crippen LogP contribution is 2.36. The first-order valence-electron chi connectivity index (χ1n) is 4.79. The molecule has 0 radical (unpaired) electrons. The Morgan fingerprint density at radius 1 is 1.36 bits per heavy atom. The molecule has 2 aliphatic heterocycles. The molecule has 2 saturated heterocycles. The van der Waals surface area contributed by atoms with Gasteiger partial charge in [-0.3, -0.25) is 9.00 Å². The number of nitrogens with zero attached hydrogens (tertiary/aromatic N) is 1. The maximum absolute atomic E-state index is 10.9. The summed E-state index contributed by atoms with van der Waals surface area (Å²) in [5.74, 6) is 0. The first-order chi connectivity index (χ1) is 6.72. The van der Waals surface area contributed by atoms with Crippen molar-refractivity contribution in [3.63, 3.8) is 0 Å². The Labute approximate surface area is 85.3 Å². The van der Waals surface area contributed by atoms with Crippen LogP contribution in [-0.2, 0) is 16.1 Å². The summed E-state index contributed by atoms with van der Waals surface area (Å²) in [7, 11) is 0. The highest BCUT2D eigenvalue weighted by molar-refractivity contribution is 7.76. The van der Waals surface area contributed by atoms with Crippen molar-refractivity contribution >= 4 is 17.7 Å². The van der Waals surface area contributed by atoms with Gasteiger partial charge in [-0.05, 0) is 25.7 Å². The van der Waals surface area contributed by atoms with Crippen molar-refractivity contribution in [2.75, 3.05) is 0 Å². The number of carbonyl (C=O) groups is 1. The maximum Gasteiger partial charge on any atom is 0.207 e. The van der Waals surface area contributed by atoms with Crippen molar-refractivity contribution < 1.29 is 13.6 Å². The molecule has 2 fully saturated rings. The number of fused-ring (bicyclic) bond motifs is 2. The van der Waals surface area contributed by atoms with E-state index < -0.39 is 11.3 Å². The number of rotatable bonds is 3. The van der Waals surface area contributed by atoms with Gasteiger partial charge >= 0.3 is 0 Å². The molecule has 0 aromatic carbocycles. The van der Waals surface area contributed by atoms with Crippen molar-refractivity contribution in [1.82, 2.24) is 9.62 Å².